The van der Waals surface area contributed by atoms with Gasteiger partial charge in [-0.25, -0.2) is 0 Å². The van der Waals surface area contributed by atoms with E-state index in [2.05, 4.69) is 13.8 Å². The summed E-state index contributed by atoms with van der Waals surface area (Å²) in [7, 11) is 0. The molecule has 1 nitrogen and oxygen atoms in total. The van der Waals surface area contributed by atoms with Gasteiger partial charge in [-0.3, -0.25) is 0 Å². The van der Waals surface area contributed by atoms with Crippen LogP contribution < -0.4 is 29.6 Å². The Bertz CT molecular complexity index is 46.5. The topological polar surface area (TPSA) is 20.2 Å². The van der Waals surface area contributed by atoms with Crippen LogP contribution in [0, 0.1) is 13.8 Å². The second-order valence-corrected chi connectivity index (χ2v) is 2.00. The molecule has 0 rings (SSSR count). The molecule has 0 fully saturated rings. The Morgan fingerprint density at radius 2 is 1.62 bits per heavy atom. The van der Waals surface area contributed by atoms with E-state index >= 15 is 0 Å². The van der Waals surface area contributed by atoms with Crippen molar-refractivity contribution in [3.63, 3.8) is 0 Å². The van der Waals surface area contributed by atoms with Crippen molar-refractivity contribution in [2.24, 2.45) is 0 Å². The molecule has 0 aromatic carbocycles. The van der Waals surface area contributed by atoms with Gasteiger partial charge in [-0.15, -0.1) is 0 Å². The molecule has 0 aliphatic carbocycles. The minimum atomic E-state index is -0.639. The van der Waals surface area contributed by atoms with Gasteiger partial charge in [0, 0.05) is 5.60 Å². The van der Waals surface area contributed by atoms with Crippen LogP contribution in [0.3, 0.4) is 0 Å². The Labute approximate surface area is 73.8 Å². The van der Waals surface area contributed by atoms with Crippen molar-refractivity contribution in [1.29, 1.82) is 0 Å². The summed E-state index contributed by atoms with van der Waals surface area (Å²) in [6, 6.07) is 0. The van der Waals surface area contributed by atoms with Crippen LogP contribution in [0.2, 0.25) is 0 Å². The fourth-order valence-electron chi connectivity index (χ4n) is 0.125. The summed E-state index contributed by atoms with van der Waals surface area (Å²) in [5.74, 6) is 0. The molecular weight excluding hydrogens is 111 g/mol. The van der Waals surface area contributed by atoms with Crippen molar-refractivity contribution in [3.05, 3.63) is 13.8 Å². The summed E-state index contributed by atoms with van der Waals surface area (Å²) in [5.41, 5.74) is -0.639. The van der Waals surface area contributed by atoms with Gasteiger partial charge in [-0.1, -0.05) is 0 Å². The molecule has 0 heterocycles. The van der Waals surface area contributed by atoms with Gasteiger partial charge in [0.05, 0.1) is 0 Å². The number of hydrogen-bond acceptors (Lipinski definition) is 1. The van der Waals surface area contributed by atoms with Gasteiger partial charge in [0.2, 0.25) is 0 Å². The summed E-state index contributed by atoms with van der Waals surface area (Å²) >= 11 is 0. The molecule has 0 aromatic heterocycles. The molecule has 0 unspecified atom stereocenters. The molecule has 0 spiro atoms. The second kappa shape index (κ2) is 4.80. The molecule has 8 heavy (non-hydrogen) atoms. The van der Waals surface area contributed by atoms with Crippen LogP contribution in [0.25, 0.3) is 0 Å². The van der Waals surface area contributed by atoms with Gasteiger partial charge < -0.3 is 19.0 Å². The van der Waals surface area contributed by atoms with E-state index in [1.54, 1.807) is 6.92 Å². The van der Waals surface area contributed by atoms with Crippen molar-refractivity contribution >= 4 is 0 Å². The smallest absolute Gasteiger partial charge is 0.396 e. The molecular formula is C6H12NaO-. The molecule has 0 saturated heterocycles. The second-order valence-electron chi connectivity index (χ2n) is 2.00. The fourth-order valence-corrected chi connectivity index (χ4v) is 0.125. The molecule has 44 valence electrons. The van der Waals surface area contributed by atoms with Crippen LogP contribution in [0.15, 0.2) is 0 Å². The summed E-state index contributed by atoms with van der Waals surface area (Å²) in [5, 5.41) is 9.01. The van der Waals surface area contributed by atoms with Crippen LogP contribution in [0.4, 0.5) is 0 Å². The quantitative estimate of drug-likeness (QED) is 0.339. The Balaban J connectivity index is 0. The monoisotopic (exact) mass is 123 g/mol. The zero-order valence-corrected chi connectivity index (χ0v) is 7.78. The average Bonchev–Trinajstić information content (AvgIpc) is 1.68. The summed E-state index contributed by atoms with van der Waals surface area (Å²) < 4.78 is 0. The van der Waals surface area contributed by atoms with Crippen molar-refractivity contribution < 1.29 is 34.7 Å². The molecule has 0 radical (unpaired) electrons. The summed E-state index contributed by atoms with van der Waals surface area (Å²) in [6.07, 6.45) is 1.08. The molecule has 0 amide bonds. The zero-order chi connectivity index (χ0) is 5.91. The fraction of sp³-hybridized carbons (Fsp3) is 0.667. The van der Waals surface area contributed by atoms with Crippen molar-refractivity contribution in [1.82, 2.24) is 0 Å². The van der Waals surface area contributed by atoms with Crippen molar-refractivity contribution in [3.8, 4) is 0 Å². The Hall–Kier alpha value is 0.960. The number of hydrogen-bond donors (Lipinski definition) is 1. The first kappa shape index (κ1) is 11.7. The minimum absolute atomic E-state index is 0. The standard InChI is InChI=1S/C6H12O.Na/c1-4-6(3,7)5-2;/h7H,1-2,4-5H2,3H3;/q-2;+1. The normalized spacial score (nSPS) is 10.5. The van der Waals surface area contributed by atoms with Gasteiger partial charge >= 0.3 is 29.6 Å². The van der Waals surface area contributed by atoms with Gasteiger partial charge in [-0.05, 0) is 6.92 Å². The van der Waals surface area contributed by atoms with Crippen LogP contribution >= 0.6 is 0 Å². The summed E-state index contributed by atoms with van der Waals surface area (Å²) in [6.45, 7) is 8.81. The van der Waals surface area contributed by atoms with Gasteiger partial charge in [0.1, 0.15) is 0 Å². The maximum absolute atomic E-state index is 9.01. The minimum Gasteiger partial charge on any atom is -0.396 e. The van der Waals surface area contributed by atoms with E-state index in [1.807, 2.05) is 0 Å². The molecule has 2 heteroatoms. The van der Waals surface area contributed by atoms with Gasteiger partial charge in [-0.2, -0.15) is 12.8 Å². The molecule has 0 atom stereocenters. The molecule has 0 aliphatic heterocycles. The largest absolute Gasteiger partial charge is 1.00 e. The maximum atomic E-state index is 9.01. The van der Waals surface area contributed by atoms with Crippen LogP contribution in [0.1, 0.15) is 19.8 Å². The summed E-state index contributed by atoms with van der Waals surface area (Å²) in [4.78, 5) is 0. The first-order valence-electron chi connectivity index (χ1n) is 2.43. The maximum Gasteiger partial charge on any atom is 1.00 e. The first-order chi connectivity index (χ1) is 3.12. The van der Waals surface area contributed by atoms with Gasteiger partial charge in [0.25, 0.3) is 0 Å². The van der Waals surface area contributed by atoms with E-state index in [4.69, 9.17) is 5.11 Å². The third-order valence-corrected chi connectivity index (χ3v) is 1.08. The van der Waals surface area contributed by atoms with Crippen molar-refractivity contribution in [2.45, 2.75) is 25.4 Å². The Morgan fingerprint density at radius 3 is 1.62 bits per heavy atom. The van der Waals surface area contributed by atoms with Crippen molar-refractivity contribution in [2.75, 3.05) is 0 Å². The number of rotatable bonds is 2. The van der Waals surface area contributed by atoms with Crippen LogP contribution in [-0.2, 0) is 0 Å². The predicted molar refractivity (Wildman–Crippen MR) is 30.6 cm³/mol. The number of aliphatic hydroxyl groups is 1. The molecule has 0 bridgehead atoms. The predicted octanol–water partition coefficient (Wildman–Crippen LogP) is -1.81. The molecule has 1 N–H and O–H groups in total. The van der Waals surface area contributed by atoms with E-state index < -0.39 is 5.60 Å². The molecule has 0 saturated carbocycles. The SMILES string of the molecule is [CH2-]CC(C)(O)C[CH2-].[Na+]. The molecule has 0 aliphatic rings. The van der Waals surface area contributed by atoms with E-state index in [0.29, 0.717) is 12.8 Å². The third kappa shape index (κ3) is 5.10. The Morgan fingerprint density at radius 1 is 1.38 bits per heavy atom. The van der Waals surface area contributed by atoms with Gasteiger partial charge in [0.15, 0.2) is 0 Å². The first-order valence-corrected chi connectivity index (χ1v) is 2.43. The third-order valence-electron chi connectivity index (χ3n) is 1.08. The van der Waals surface area contributed by atoms with E-state index in [9.17, 15) is 0 Å². The van der Waals surface area contributed by atoms with Crippen LogP contribution in [-0.4, -0.2) is 10.7 Å². The molecule has 0 aromatic rings. The van der Waals surface area contributed by atoms with E-state index in [-0.39, 0.29) is 29.6 Å². The Kier molecular flexibility index (Phi) is 7.04. The van der Waals surface area contributed by atoms with E-state index in [0.717, 1.165) is 0 Å². The zero-order valence-electron chi connectivity index (χ0n) is 5.78. The van der Waals surface area contributed by atoms with E-state index in [1.165, 1.54) is 0 Å². The van der Waals surface area contributed by atoms with Crippen LogP contribution in [0.5, 0.6) is 0 Å². The average molecular weight is 123 g/mol.